The summed E-state index contributed by atoms with van der Waals surface area (Å²) in [6.45, 7) is 7.64. The standard InChI is InChI=1S/C15H28O4/c1-8(2)14-10(4)13(18)7-9(3)11(16)5-6-12(17)15(14)19/h7-8,10-19H,5-6H2,1-4H3/b9-7-/t10-,11+,12+,13-,14-,15-/m0/s1. The maximum Gasteiger partial charge on any atom is 0.0833 e. The summed E-state index contributed by atoms with van der Waals surface area (Å²) in [5, 5.41) is 40.5. The van der Waals surface area contributed by atoms with E-state index >= 15 is 0 Å². The zero-order valence-electron chi connectivity index (χ0n) is 12.3. The van der Waals surface area contributed by atoms with Crippen LogP contribution in [0.25, 0.3) is 0 Å². The molecule has 112 valence electrons. The Bertz CT molecular complexity index is 313. The van der Waals surface area contributed by atoms with Crippen LogP contribution in [0.1, 0.15) is 40.5 Å². The van der Waals surface area contributed by atoms with Gasteiger partial charge in [-0.15, -0.1) is 0 Å². The van der Waals surface area contributed by atoms with Gasteiger partial charge in [-0.1, -0.05) is 26.8 Å². The van der Waals surface area contributed by atoms with Crippen molar-refractivity contribution in [1.82, 2.24) is 0 Å². The summed E-state index contributed by atoms with van der Waals surface area (Å²) in [5.74, 6) is -0.193. The Morgan fingerprint density at radius 2 is 1.68 bits per heavy atom. The largest absolute Gasteiger partial charge is 0.390 e. The lowest BCUT2D eigenvalue weighted by Gasteiger charge is -2.37. The van der Waals surface area contributed by atoms with Crippen molar-refractivity contribution < 1.29 is 20.4 Å². The molecule has 4 nitrogen and oxygen atoms in total. The van der Waals surface area contributed by atoms with Crippen LogP contribution >= 0.6 is 0 Å². The third-order valence-electron chi connectivity index (χ3n) is 4.40. The first-order chi connectivity index (χ1) is 8.75. The maximum atomic E-state index is 10.3. The molecule has 1 aliphatic carbocycles. The fourth-order valence-electron chi connectivity index (χ4n) is 3.06. The third-order valence-corrected chi connectivity index (χ3v) is 4.40. The van der Waals surface area contributed by atoms with E-state index in [2.05, 4.69) is 0 Å². The van der Waals surface area contributed by atoms with Crippen molar-refractivity contribution in [3.8, 4) is 0 Å². The molecule has 0 saturated carbocycles. The van der Waals surface area contributed by atoms with E-state index in [1.54, 1.807) is 13.0 Å². The highest BCUT2D eigenvalue weighted by molar-refractivity contribution is 5.09. The maximum absolute atomic E-state index is 10.3. The molecule has 0 aromatic carbocycles. The minimum Gasteiger partial charge on any atom is -0.390 e. The van der Waals surface area contributed by atoms with E-state index in [4.69, 9.17) is 0 Å². The van der Waals surface area contributed by atoms with Crippen molar-refractivity contribution in [1.29, 1.82) is 0 Å². The van der Waals surface area contributed by atoms with E-state index in [1.165, 1.54) is 0 Å². The van der Waals surface area contributed by atoms with Gasteiger partial charge in [-0.05, 0) is 43.1 Å². The van der Waals surface area contributed by atoms with E-state index in [1.807, 2.05) is 20.8 Å². The van der Waals surface area contributed by atoms with Crippen molar-refractivity contribution in [2.24, 2.45) is 17.8 Å². The van der Waals surface area contributed by atoms with Crippen LogP contribution in [0.3, 0.4) is 0 Å². The number of rotatable bonds is 1. The number of aliphatic hydroxyl groups excluding tert-OH is 4. The van der Waals surface area contributed by atoms with E-state index in [0.29, 0.717) is 12.8 Å². The lowest BCUT2D eigenvalue weighted by atomic mass is 9.74. The molecule has 4 N–H and O–H groups in total. The predicted octanol–water partition coefficient (Wildman–Crippen LogP) is 1.08. The number of aliphatic hydroxyl groups is 4. The second-order valence-electron chi connectivity index (χ2n) is 6.23. The Hall–Kier alpha value is -0.420. The van der Waals surface area contributed by atoms with Gasteiger partial charge in [-0.2, -0.15) is 0 Å². The van der Waals surface area contributed by atoms with Crippen molar-refractivity contribution in [3.05, 3.63) is 11.6 Å². The first-order valence-corrected chi connectivity index (χ1v) is 7.16. The van der Waals surface area contributed by atoms with Gasteiger partial charge in [0.25, 0.3) is 0 Å². The summed E-state index contributed by atoms with van der Waals surface area (Å²) in [4.78, 5) is 0. The highest BCUT2D eigenvalue weighted by Gasteiger charge is 2.36. The molecule has 19 heavy (non-hydrogen) atoms. The molecular weight excluding hydrogens is 244 g/mol. The van der Waals surface area contributed by atoms with Crippen LogP contribution in [0, 0.1) is 17.8 Å². The summed E-state index contributed by atoms with van der Waals surface area (Å²) in [5.41, 5.74) is 0.727. The summed E-state index contributed by atoms with van der Waals surface area (Å²) < 4.78 is 0. The van der Waals surface area contributed by atoms with Crippen molar-refractivity contribution >= 4 is 0 Å². The summed E-state index contributed by atoms with van der Waals surface area (Å²) >= 11 is 0. The Morgan fingerprint density at radius 1 is 1.11 bits per heavy atom. The van der Waals surface area contributed by atoms with Gasteiger partial charge < -0.3 is 20.4 Å². The molecule has 0 heterocycles. The molecule has 0 spiro atoms. The molecule has 4 heteroatoms. The van der Waals surface area contributed by atoms with Crippen molar-refractivity contribution in [2.45, 2.75) is 65.0 Å². The second-order valence-corrected chi connectivity index (χ2v) is 6.23. The molecule has 0 saturated heterocycles. The lowest BCUT2D eigenvalue weighted by Crippen LogP contribution is -2.43. The molecule has 1 aliphatic rings. The third kappa shape index (κ3) is 4.02. The van der Waals surface area contributed by atoms with Crippen molar-refractivity contribution in [2.75, 3.05) is 0 Å². The van der Waals surface area contributed by atoms with Crippen LogP contribution in [-0.4, -0.2) is 44.8 Å². The molecular formula is C15H28O4. The van der Waals surface area contributed by atoms with E-state index < -0.39 is 24.4 Å². The summed E-state index contributed by atoms with van der Waals surface area (Å²) in [6, 6.07) is 0. The molecule has 0 aliphatic heterocycles. The molecule has 1 rings (SSSR count). The monoisotopic (exact) mass is 272 g/mol. The summed E-state index contributed by atoms with van der Waals surface area (Å²) in [6.07, 6.45) is -0.686. The quantitative estimate of drug-likeness (QED) is 0.538. The van der Waals surface area contributed by atoms with Crippen LogP contribution in [0.15, 0.2) is 11.6 Å². The predicted molar refractivity (Wildman–Crippen MR) is 74.5 cm³/mol. The molecule has 0 bridgehead atoms. The topological polar surface area (TPSA) is 80.9 Å². The highest BCUT2D eigenvalue weighted by atomic mass is 16.3. The molecule has 0 amide bonds. The SMILES string of the molecule is C/C1=C/[C@H](O)[C@H](C)[C@H](C(C)C)[C@@H](O)[C@H](O)CC[C@H]1O. The Balaban J connectivity index is 3.07. The minimum absolute atomic E-state index is 0.160. The first-order valence-electron chi connectivity index (χ1n) is 7.16. The van der Waals surface area contributed by atoms with Gasteiger partial charge in [-0.25, -0.2) is 0 Å². The molecule has 0 aromatic heterocycles. The van der Waals surface area contributed by atoms with E-state index in [-0.39, 0.29) is 17.8 Å². The zero-order chi connectivity index (χ0) is 14.7. The number of hydrogen-bond acceptors (Lipinski definition) is 4. The van der Waals surface area contributed by atoms with Crippen LogP contribution in [0.5, 0.6) is 0 Å². The van der Waals surface area contributed by atoms with Gasteiger partial charge in [0.05, 0.1) is 24.4 Å². The van der Waals surface area contributed by atoms with Crippen LogP contribution < -0.4 is 0 Å². The van der Waals surface area contributed by atoms with Gasteiger partial charge in [0.1, 0.15) is 0 Å². The molecule has 0 unspecified atom stereocenters. The van der Waals surface area contributed by atoms with Crippen LogP contribution in [-0.2, 0) is 0 Å². The van der Waals surface area contributed by atoms with Crippen LogP contribution in [0.4, 0.5) is 0 Å². The van der Waals surface area contributed by atoms with Gasteiger partial charge in [0, 0.05) is 0 Å². The minimum atomic E-state index is -0.872. The lowest BCUT2D eigenvalue weighted by molar-refractivity contribution is -0.0687. The average Bonchev–Trinajstić information content (AvgIpc) is 2.33. The Labute approximate surface area is 115 Å². The zero-order valence-corrected chi connectivity index (χ0v) is 12.3. The molecule has 0 aromatic rings. The highest BCUT2D eigenvalue weighted by Crippen LogP contribution is 2.32. The van der Waals surface area contributed by atoms with Gasteiger partial charge in [-0.3, -0.25) is 0 Å². The van der Waals surface area contributed by atoms with E-state index in [9.17, 15) is 20.4 Å². The normalized spacial score (nSPS) is 44.8. The fourth-order valence-corrected chi connectivity index (χ4v) is 3.06. The smallest absolute Gasteiger partial charge is 0.0833 e. The van der Waals surface area contributed by atoms with Gasteiger partial charge in [0.2, 0.25) is 0 Å². The van der Waals surface area contributed by atoms with Gasteiger partial charge >= 0.3 is 0 Å². The fraction of sp³-hybridized carbons (Fsp3) is 0.867. The average molecular weight is 272 g/mol. The van der Waals surface area contributed by atoms with Crippen molar-refractivity contribution in [3.63, 3.8) is 0 Å². The second kappa shape index (κ2) is 6.84. The first kappa shape index (κ1) is 16.6. The molecule has 0 fully saturated rings. The summed E-state index contributed by atoms with van der Waals surface area (Å²) in [7, 11) is 0. The van der Waals surface area contributed by atoms with E-state index in [0.717, 1.165) is 5.57 Å². The number of hydrogen-bond donors (Lipinski definition) is 4. The Morgan fingerprint density at radius 3 is 2.21 bits per heavy atom. The molecule has 0 radical (unpaired) electrons. The van der Waals surface area contributed by atoms with Crippen LogP contribution in [0.2, 0.25) is 0 Å². The molecule has 6 atom stereocenters. The van der Waals surface area contributed by atoms with Gasteiger partial charge in [0.15, 0.2) is 0 Å². The Kier molecular flexibility index (Phi) is 5.99.